The summed E-state index contributed by atoms with van der Waals surface area (Å²) < 4.78 is 5.83. The van der Waals surface area contributed by atoms with Gasteiger partial charge in [0.05, 0.1) is 12.3 Å². The van der Waals surface area contributed by atoms with Crippen molar-refractivity contribution in [3.05, 3.63) is 47.5 Å². The summed E-state index contributed by atoms with van der Waals surface area (Å²) in [6.45, 7) is 3.64. The first-order valence-corrected chi connectivity index (χ1v) is 6.58. The van der Waals surface area contributed by atoms with Crippen LogP contribution in [0.4, 0.5) is 0 Å². The molecule has 1 fully saturated rings. The molecule has 2 aromatic heterocycles. The first kappa shape index (κ1) is 12.3. The normalized spacial score (nSPS) is 22.8. The molecule has 19 heavy (non-hydrogen) atoms. The average Bonchev–Trinajstić information content (AvgIpc) is 3.06. The van der Waals surface area contributed by atoms with Gasteiger partial charge >= 0.3 is 0 Å². The Balaban J connectivity index is 1.66. The van der Waals surface area contributed by atoms with Gasteiger partial charge in [0.2, 0.25) is 0 Å². The van der Waals surface area contributed by atoms with Gasteiger partial charge in [-0.25, -0.2) is 0 Å². The van der Waals surface area contributed by atoms with Gasteiger partial charge in [0.1, 0.15) is 0 Å². The molecular weight excluding hydrogens is 240 g/mol. The van der Waals surface area contributed by atoms with Gasteiger partial charge in [-0.3, -0.25) is 10.1 Å². The van der Waals surface area contributed by atoms with Gasteiger partial charge < -0.3 is 10.1 Å². The minimum absolute atomic E-state index is 0.0981. The van der Waals surface area contributed by atoms with E-state index in [0.29, 0.717) is 6.04 Å². The highest BCUT2D eigenvalue weighted by atomic mass is 16.5. The van der Waals surface area contributed by atoms with E-state index < -0.39 is 0 Å². The maximum absolute atomic E-state index is 5.83. The number of rotatable bonds is 4. The first-order chi connectivity index (χ1) is 9.34. The number of H-pyrrole nitrogens is 1. The maximum Gasteiger partial charge on any atom is 0.0993 e. The van der Waals surface area contributed by atoms with Crippen molar-refractivity contribution in [2.75, 3.05) is 6.61 Å². The van der Waals surface area contributed by atoms with Crippen LogP contribution in [0.2, 0.25) is 0 Å². The fourth-order valence-corrected chi connectivity index (χ4v) is 2.47. The van der Waals surface area contributed by atoms with Gasteiger partial charge in [-0.2, -0.15) is 5.10 Å². The van der Waals surface area contributed by atoms with Crippen molar-refractivity contribution in [3.8, 4) is 0 Å². The summed E-state index contributed by atoms with van der Waals surface area (Å²) in [6.07, 6.45) is 6.66. The van der Waals surface area contributed by atoms with Crippen LogP contribution in [0, 0.1) is 6.92 Å². The van der Waals surface area contributed by atoms with E-state index in [2.05, 4.69) is 26.6 Å². The maximum atomic E-state index is 5.83. The number of hydrogen-bond acceptors (Lipinski definition) is 4. The van der Waals surface area contributed by atoms with Crippen LogP contribution in [0.3, 0.4) is 0 Å². The second-order valence-corrected chi connectivity index (χ2v) is 4.87. The van der Waals surface area contributed by atoms with Crippen LogP contribution in [-0.2, 0) is 11.3 Å². The molecule has 1 saturated heterocycles. The van der Waals surface area contributed by atoms with E-state index >= 15 is 0 Å². The minimum Gasteiger partial charge on any atom is -0.372 e. The fourth-order valence-electron chi connectivity index (χ4n) is 2.47. The zero-order valence-electron chi connectivity index (χ0n) is 11.0. The molecule has 0 radical (unpaired) electrons. The molecule has 2 atom stereocenters. The quantitative estimate of drug-likeness (QED) is 0.876. The van der Waals surface area contributed by atoms with Crippen LogP contribution < -0.4 is 5.32 Å². The molecule has 0 aliphatic carbocycles. The number of nitrogens with zero attached hydrogens (tertiary/aromatic N) is 2. The Morgan fingerprint density at radius 2 is 2.42 bits per heavy atom. The van der Waals surface area contributed by atoms with Crippen LogP contribution in [0.5, 0.6) is 0 Å². The third kappa shape index (κ3) is 2.67. The third-order valence-corrected chi connectivity index (χ3v) is 3.59. The number of pyridine rings is 1. The Morgan fingerprint density at radius 3 is 3.16 bits per heavy atom. The van der Waals surface area contributed by atoms with Gasteiger partial charge in [0.15, 0.2) is 0 Å². The van der Waals surface area contributed by atoms with Crippen LogP contribution in [-0.4, -0.2) is 27.8 Å². The Hall–Kier alpha value is -1.72. The van der Waals surface area contributed by atoms with Crippen molar-refractivity contribution in [1.82, 2.24) is 20.5 Å². The van der Waals surface area contributed by atoms with Crippen molar-refractivity contribution in [3.63, 3.8) is 0 Å². The van der Waals surface area contributed by atoms with E-state index in [4.69, 9.17) is 4.74 Å². The van der Waals surface area contributed by atoms with Gasteiger partial charge in [-0.1, -0.05) is 6.07 Å². The monoisotopic (exact) mass is 258 g/mol. The standard InChI is InChI=1S/C14H18N4O/c1-10-12(9-17-18-10)8-16-13-4-6-19-14(13)11-3-2-5-15-7-11/h2-3,5,7,9,13-14,16H,4,6,8H2,1H3,(H,17,18)/t13-,14+/m0/s1. The number of hydrogen-bond donors (Lipinski definition) is 2. The molecule has 0 spiro atoms. The van der Waals surface area contributed by atoms with Crippen molar-refractivity contribution >= 4 is 0 Å². The molecule has 100 valence electrons. The minimum atomic E-state index is 0.0981. The molecule has 0 unspecified atom stereocenters. The predicted molar refractivity (Wildman–Crippen MR) is 71.5 cm³/mol. The predicted octanol–water partition coefficient (Wildman–Crippen LogP) is 1.73. The Labute approximate surface area is 112 Å². The lowest BCUT2D eigenvalue weighted by Gasteiger charge is -2.19. The van der Waals surface area contributed by atoms with Crippen LogP contribution in [0.1, 0.15) is 29.3 Å². The van der Waals surface area contributed by atoms with Crippen LogP contribution in [0.15, 0.2) is 30.7 Å². The molecule has 5 nitrogen and oxygen atoms in total. The van der Waals surface area contributed by atoms with Gasteiger partial charge in [-0.05, 0) is 19.4 Å². The van der Waals surface area contributed by atoms with E-state index in [1.165, 1.54) is 5.56 Å². The van der Waals surface area contributed by atoms with Crippen LogP contribution >= 0.6 is 0 Å². The average molecular weight is 258 g/mol. The van der Waals surface area contributed by atoms with Crippen LogP contribution in [0.25, 0.3) is 0 Å². The topological polar surface area (TPSA) is 62.8 Å². The summed E-state index contributed by atoms with van der Waals surface area (Å²) in [5.41, 5.74) is 3.46. The summed E-state index contributed by atoms with van der Waals surface area (Å²) in [7, 11) is 0. The molecule has 2 aromatic rings. The molecule has 0 saturated carbocycles. The van der Waals surface area contributed by atoms with Gasteiger partial charge in [-0.15, -0.1) is 0 Å². The Morgan fingerprint density at radius 1 is 1.47 bits per heavy atom. The van der Waals surface area contributed by atoms with Crippen molar-refractivity contribution in [1.29, 1.82) is 0 Å². The molecule has 0 bridgehead atoms. The number of aromatic nitrogens is 3. The lowest BCUT2D eigenvalue weighted by Crippen LogP contribution is -2.31. The smallest absolute Gasteiger partial charge is 0.0993 e. The second kappa shape index (κ2) is 5.50. The van der Waals surface area contributed by atoms with Gasteiger partial charge in [0, 0.05) is 48.4 Å². The largest absolute Gasteiger partial charge is 0.372 e. The van der Waals surface area contributed by atoms with E-state index in [0.717, 1.165) is 30.8 Å². The number of nitrogens with one attached hydrogen (secondary N) is 2. The molecule has 0 amide bonds. The molecule has 3 rings (SSSR count). The third-order valence-electron chi connectivity index (χ3n) is 3.59. The highest BCUT2D eigenvalue weighted by molar-refractivity contribution is 5.17. The molecule has 3 heterocycles. The lowest BCUT2D eigenvalue weighted by molar-refractivity contribution is 0.0982. The fraction of sp³-hybridized carbons (Fsp3) is 0.429. The first-order valence-electron chi connectivity index (χ1n) is 6.58. The summed E-state index contributed by atoms with van der Waals surface area (Å²) >= 11 is 0. The SMILES string of the molecule is Cc1[nH]ncc1CN[C@H]1CCO[C@@H]1c1cccnc1. The summed E-state index contributed by atoms with van der Waals surface area (Å²) in [4.78, 5) is 4.17. The highest BCUT2D eigenvalue weighted by Gasteiger charge is 2.29. The Bertz CT molecular complexity index is 525. The molecule has 1 aliphatic rings. The number of aryl methyl sites for hydroxylation is 1. The van der Waals surface area contributed by atoms with E-state index in [1.54, 1.807) is 6.20 Å². The summed E-state index contributed by atoms with van der Waals surface area (Å²) in [5, 5.41) is 10.6. The molecule has 2 N–H and O–H groups in total. The Kier molecular flexibility index (Phi) is 3.57. The highest BCUT2D eigenvalue weighted by Crippen LogP contribution is 2.28. The number of ether oxygens (including phenoxy) is 1. The second-order valence-electron chi connectivity index (χ2n) is 4.87. The van der Waals surface area contributed by atoms with E-state index in [9.17, 15) is 0 Å². The summed E-state index contributed by atoms with van der Waals surface area (Å²) in [5.74, 6) is 0. The molecule has 5 heteroatoms. The zero-order chi connectivity index (χ0) is 13.1. The van der Waals surface area contributed by atoms with E-state index in [1.807, 2.05) is 25.4 Å². The van der Waals surface area contributed by atoms with Crippen molar-refractivity contribution in [2.45, 2.75) is 32.0 Å². The molecule has 1 aliphatic heterocycles. The van der Waals surface area contributed by atoms with Gasteiger partial charge in [0.25, 0.3) is 0 Å². The lowest BCUT2D eigenvalue weighted by atomic mass is 10.0. The molecular formula is C14H18N4O. The summed E-state index contributed by atoms with van der Waals surface area (Å²) in [6, 6.07) is 4.35. The van der Waals surface area contributed by atoms with Crippen molar-refractivity contribution in [2.24, 2.45) is 0 Å². The van der Waals surface area contributed by atoms with E-state index in [-0.39, 0.29) is 6.10 Å². The number of aromatic amines is 1. The molecule has 0 aromatic carbocycles. The van der Waals surface area contributed by atoms with Crippen molar-refractivity contribution < 1.29 is 4.74 Å². The zero-order valence-corrected chi connectivity index (χ0v) is 11.0.